The zero-order valence-electron chi connectivity index (χ0n) is 11.1. The Morgan fingerprint density at radius 3 is 2.89 bits per heavy atom. The zero-order valence-corrected chi connectivity index (χ0v) is 11.1. The van der Waals surface area contributed by atoms with E-state index >= 15 is 0 Å². The first-order valence-corrected chi connectivity index (χ1v) is 6.45. The molecule has 3 N–H and O–H groups in total. The predicted octanol–water partition coefficient (Wildman–Crippen LogP) is 3.06. The van der Waals surface area contributed by atoms with Crippen molar-refractivity contribution in [1.82, 2.24) is 4.98 Å². The van der Waals surface area contributed by atoms with Crippen LogP contribution < -0.4 is 15.8 Å². The number of nitrogens with zero attached hydrogens (tertiary/aromatic N) is 1. The van der Waals surface area contributed by atoms with Gasteiger partial charge in [0.1, 0.15) is 5.75 Å². The highest BCUT2D eigenvalue weighted by molar-refractivity contribution is 5.59. The van der Waals surface area contributed by atoms with Gasteiger partial charge in [-0.3, -0.25) is 4.98 Å². The van der Waals surface area contributed by atoms with Crippen molar-refractivity contribution >= 4 is 11.4 Å². The summed E-state index contributed by atoms with van der Waals surface area (Å²) >= 11 is 0. The molecule has 0 saturated heterocycles. The third kappa shape index (κ3) is 4.17. The van der Waals surface area contributed by atoms with Crippen LogP contribution in [0.5, 0.6) is 5.75 Å². The molecule has 2 rings (SSSR count). The average molecular weight is 257 g/mol. The van der Waals surface area contributed by atoms with E-state index in [0.717, 1.165) is 23.6 Å². The summed E-state index contributed by atoms with van der Waals surface area (Å²) < 4.78 is 5.59. The molecule has 100 valence electrons. The molecule has 0 radical (unpaired) electrons. The molecule has 0 aliphatic rings. The summed E-state index contributed by atoms with van der Waals surface area (Å²) in [5.41, 5.74) is 8.48. The fourth-order valence-corrected chi connectivity index (χ4v) is 1.72. The first-order valence-electron chi connectivity index (χ1n) is 6.45. The van der Waals surface area contributed by atoms with Gasteiger partial charge in [-0.25, -0.2) is 0 Å². The van der Waals surface area contributed by atoms with Gasteiger partial charge in [0.25, 0.3) is 0 Å². The van der Waals surface area contributed by atoms with Crippen LogP contribution in [0, 0.1) is 0 Å². The van der Waals surface area contributed by atoms with Crippen molar-refractivity contribution in [3.63, 3.8) is 0 Å². The maximum Gasteiger partial charge on any atom is 0.123 e. The summed E-state index contributed by atoms with van der Waals surface area (Å²) in [7, 11) is 0. The van der Waals surface area contributed by atoms with E-state index < -0.39 is 0 Å². The first-order chi connectivity index (χ1) is 9.28. The van der Waals surface area contributed by atoms with Gasteiger partial charge in [-0.1, -0.05) is 13.0 Å². The van der Waals surface area contributed by atoms with Gasteiger partial charge in [0.15, 0.2) is 0 Å². The van der Waals surface area contributed by atoms with Crippen molar-refractivity contribution in [3.8, 4) is 5.75 Å². The van der Waals surface area contributed by atoms with Crippen molar-refractivity contribution in [2.24, 2.45) is 0 Å². The highest BCUT2D eigenvalue weighted by atomic mass is 16.5. The molecule has 0 atom stereocenters. The van der Waals surface area contributed by atoms with Crippen LogP contribution >= 0.6 is 0 Å². The van der Waals surface area contributed by atoms with E-state index in [9.17, 15) is 0 Å². The number of hydrogen-bond donors (Lipinski definition) is 2. The second kappa shape index (κ2) is 6.64. The maximum atomic E-state index is 5.86. The predicted molar refractivity (Wildman–Crippen MR) is 78.2 cm³/mol. The molecule has 1 heterocycles. The number of rotatable bonds is 6. The lowest BCUT2D eigenvalue weighted by atomic mass is 10.2. The lowest BCUT2D eigenvalue weighted by Gasteiger charge is -2.10. The number of hydrogen-bond acceptors (Lipinski definition) is 4. The van der Waals surface area contributed by atoms with E-state index in [0.29, 0.717) is 18.8 Å². The third-order valence-corrected chi connectivity index (χ3v) is 2.60. The molecule has 0 fully saturated rings. The Hall–Kier alpha value is -2.23. The van der Waals surface area contributed by atoms with Gasteiger partial charge >= 0.3 is 0 Å². The summed E-state index contributed by atoms with van der Waals surface area (Å²) in [6, 6.07) is 11.5. The van der Waals surface area contributed by atoms with E-state index in [-0.39, 0.29) is 0 Å². The van der Waals surface area contributed by atoms with Gasteiger partial charge in [0.2, 0.25) is 0 Å². The Labute approximate surface area is 113 Å². The van der Waals surface area contributed by atoms with Crippen LogP contribution in [0.25, 0.3) is 0 Å². The Kier molecular flexibility index (Phi) is 4.61. The van der Waals surface area contributed by atoms with Crippen LogP contribution in [-0.4, -0.2) is 11.6 Å². The average Bonchev–Trinajstić information content (AvgIpc) is 2.43. The number of ether oxygens (including phenoxy) is 1. The number of pyridine rings is 1. The zero-order chi connectivity index (χ0) is 13.5. The minimum atomic E-state index is 0.664. The largest absolute Gasteiger partial charge is 0.493 e. The molecule has 4 nitrogen and oxygen atoms in total. The molecular formula is C15H19N3O. The van der Waals surface area contributed by atoms with Crippen LogP contribution in [-0.2, 0) is 6.54 Å². The highest BCUT2D eigenvalue weighted by Gasteiger charge is 2.00. The molecule has 0 bridgehead atoms. The molecule has 0 spiro atoms. The third-order valence-electron chi connectivity index (χ3n) is 2.60. The standard InChI is InChI=1S/C15H19N3O/c1-2-7-19-15-9-12(16)8-14(10-15)18-11-13-5-3-4-6-17-13/h3-6,8-10,18H,2,7,11,16H2,1H3. The number of nitrogen functional groups attached to an aromatic ring is 1. The van der Waals surface area contributed by atoms with Crippen LogP contribution in [0.15, 0.2) is 42.6 Å². The molecule has 0 saturated carbocycles. The Morgan fingerprint density at radius 1 is 1.26 bits per heavy atom. The topological polar surface area (TPSA) is 60.2 Å². The molecule has 0 aliphatic carbocycles. The normalized spacial score (nSPS) is 10.2. The summed E-state index contributed by atoms with van der Waals surface area (Å²) in [5, 5.41) is 3.30. The van der Waals surface area contributed by atoms with Crippen molar-refractivity contribution in [1.29, 1.82) is 0 Å². The SMILES string of the molecule is CCCOc1cc(N)cc(NCc2ccccn2)c1. The van der Waals surface area contributed by atoms with E-state index in [2.05, 4.69) is 17.2 Å². The molecule has 0 aliphatic heterocycles. The molecule has 1 aromatic heterocycles. The van der Waals surface area contributed by atoms with Crippen molar-refractivity contribution in [3.05, 3.63) is 48.3 Å². The van der Waals surface area contributed by atoms with Crippen molar-refractivity contribution < 1.29 is 4.74 Å². The van der Waals surface area contributed by atoms with Gasteiger partial charge < -0.3 is 15.8 Å². The minimum Gasteiger partial charge on any atom is -0.493 e. The minimum absolute atomic E-state index is 0.664. The molecular weight excluding hydrogens is 238 g/mol. The maximum absolute atomic E-state index is 5.86. The Morgan fingerprint density at radius 2 is 2.16 bits per heavy atom. The first kappa shape index (κ1) is 13.2. The lowest BCUT2D eigenvalue weighted by molar-refractivity contribution is 0.318. The molecule has 19 heavy (non-hydrogen) atoms. The molecule has 0 unspecified atom stereocenters. The molecule has 0 amide bonds. The number of nitrogens with two attached hydrogens (primary N) is 1. The van der Waals surface area contributed by atoms with Crippen molar-refractivity contribution in [2.45, 2.75) is 19.9 Å². The fraction of sp³-hybridized carbons (Fsp3) is 0.267. The molecule has 4 heteroatoms. The fourth-order valence-electron chi connectivity index (χ4n) is 1.72. The molecule has 2 aromatic rings. The Balaban J connectivity index is 2.01. The van der Waals surface area contributed by atoms with E-state index in [1.807, 2.05) is 36.4 Å². The monoisotopic (exact) mass is 257 g/mol. The van der Waals surface area contributed by atoms with Gasteiger partial charge in [-0.05, 0) is 24.6 Å². The number of nitrogens with one attached hydrogen (secondary N) is 1. The second-order valence-corrected chi connectivity index (χ2v) is 4.31. The van der Waals surface area contributed by atoms with E-state index in [1.165, 1.54) is 0 Å². The summed E-state index contributed by atoms with van der Waals surface area (Å²) in [6.07, 6.45) is 2.76. The van der Waals surface area contributed by atoms with E-state index in [1.54, 1.807) is 6.20 Å². The van der Waals surface area contributed by atoms with Gasteiger partial charge in [-0.15, -0.1) is 0 Å². The highest BCUT2D eigenvalue weighted by Crippen LogP contribution is 2.23. The van der Waals surface area contributed by atoms with Gasteiger partial charge in [0, 0.05) is 29.7 Å². The van der Waals surface area contributed by atoms with Crippen LogP contribution in [0.4, 0.5) is 11.4 Å². The number of benzene rings is 1. The molecule has 1 aromatic carbocycles. The van der Waals surface area contributed by atoms with Crippen LogP contribution in [0.2, 0.25) is 0 Å². The van der Waals surface area contributed by atoms with Crippen LogP contribution in [0.3, 0.4) is 0 Å². The number of aromatic nitrogens is 1. The smallest absolute Gasteiger partial charge is 0.123 e. The Bertz CT molecular complexity index is 514. The summed E-state index contributed by atoms with van der Waals surface area (Å²) in [4.78, 5) is 4.26. The van der Waals surface area contributed by atoms with Crippen molar-refractivity contribution in [2.75, 3.05) is 17.7 Å². The van der Waals surface area contributed by atoms with Crippen LogP contribution in [0.1, 0.15) is 19.0 Å². The summed E-state index contributed by atoms with van der Waals surface area (Å²) in [6.45, 7) is 3.44. The van der Waals surface area contributed by atoms with E-state index in [4.69, 9.17) is 10.5 Å². The van der Waals surface area contributed by atoms with Gasteiger partial charge in [-0.2, -0.15) is 0 Å². The number of anilines is 2. The lowest BCUT2D eigenvalue weighted by Crippen LogP contribution is -2.03. The second-order valence-electron chi connectivity index (χ2n) is 4.31. The van der Waals surface area contributed by atoms with Gasteiger partial charge in [0.05, 0.1) is 18.8 Å². The summed E-state index contributed by atoms with van der Waals surface area (Å²) in [5.74, 6) is 0.797. The quantitative estimate of drug-likeness (QED) is 0.781.